The van der Waals surface area contributed by atoms with Crippen molar-refractivity contribution in [2.45, 2.75) is 46.7 Å². The summed E-state index contributed by atoms with van der Waals surface area (Å²) in [4.78, 5) is 2.52. The van der Waals surface area contributed by atoms with E-state index in [1.54, 1.807) is 0 Å². The predicted octanol–water partition coefficient (Wildman–Crippen LogP) is 2.62. The van der Waals surface area contributed by atoms with Crippen molar-refractivity contribution >= 4 is 0 Å². The topological polar surface area (TPSA) is 3.24 Å². The lowest BCUT2D eigenvalue weighted by atomic mass is 9.73. The maximum atomic E-state index is 2.52. The van der Waals surface area contributed by atoms with E-state index in [0.717, 1.165) is 29.8 Å². The number of piperidine rings is 1. The molecule has 0 radical (unpaired) electrons. The van der Waals surface area contributed by atoms with Crippen molar-refractivity contribution in [3.63, 3.8) is 0 Å². The van der Waals surface area contributed by atoms with Crippen LogP contribution in [0.2, 0.25) is 0 Å². The first-order valence-electron chi connectivity index (χ1n) is 5.18. The third-order valence-corrected chi connectivity index (χ3v) is 4.47. The molecule has 1 heterocycles. The Bertz CT molecular complexity index is 96.6. The van der Waals surface area contributed by atoms with Gasteiger partial charge in [-0.2, -0.15) is 0 Å². The molecule has 1 fully saturated rings. The highest BCUT2D eigenvalue weighted by Gasteiger charge is 2.37. The van der Waals surface area contributed by atoms with E-state index in [-0.39, 0.29) is 0 Å². The van der Waals surface area contributed by atoms with Crippen molar-refractivity contribution in [1.82, 2.24) is 4.90 Å². The molecule has 0 amide bonds. The highest BCUT2D eigenvalue weighted by atomic mass is 15.2. The van der Waals surface area contributed by atoms with E-state index in [4.69, 9.17) is 0 Å². The Labute approximate surface area is 77.1 Å². The quantitative estimate of drug-likeness (QED) is 0.539. The molecule has 0 bridgehead atoms. The molecule has 12 heavy (non-hydrogen) atoms. The van der Waals surface area contributed by atoms with Crippen molar-refractivity contribution < 1.29 is 0 Å². The van der Waals surface area contributed by atoms with Gasteiger partial charge >= 0.3 is 0 Å². The molecule has 1 aliphatic heterocycles. The lowest BCUT2D eigenvalue weighted by Crippen LogP contribution is -2.52. The fourth-order valence-electron chi connectivity index (χ4n) is 2.47. The molecule has 72 valence electrons. The van der Waals surface area contributed by atoms with Crippen LogP contribution >= 0.6 is 0 Å². The Kier molecular flexibility index (Phi) is 2.82. The molecule has 0 N–H and O–H groups in total. The van der Waals surface area contributed by atoms with Gasteiger partial charge < -0.3 is 4.90 Å². The van der Waals surface area contributed by atoms with Crippen molar-refractivity contribution in [2.75, 3.05) is 7.05 Å². The van der Waals surface area contributed by atoms with E-state index in [9.17, 15) is 0 Å². The van der Waals surface area contributed by atoms with Gasteiger partial charge in [-0.05, 0) is 38.6 Å². The van der Waals surface area contributed by atoms with Crippen LogP contribution in [-0.2, 0) is 0 Å². The summed E-state index contributed by atoms with van der Waals surface area (Å²) in [5, 5.41) is 0. The molecule has 0 aromatic rings. The van der Waals surface area contributed by atoms with Crippen LogP contribution in [0.4, 0.5) is 0 Å². The lowest BCUT2D eigenvalue weighted by molar-refractivity contribution is 0.00768. The normalized spacial score (nSPS) is 51.0. The fraction of sp³-hybridized carbons (Fsp3) is 1.00. The van der Waals surface area contributed by atoms with Crippen molar-refractivity contribution in [2.24, 2.45) is 17.8 Å². The van der Waals surface area contributed by atoms with E-state index in [2.05, 4.69) is 46.6 Å². The summed E-state index contributed by atoms with van der Waals surface area (Å²) in [6.45, 7) is 11.9. The molecular weight excluding hydrogens is 146 g/mol. The molecule has 0 aromatic carbocycles. The molecule has 4 unspecified atom stereocenters. The zero-order valence-electron chi connectivity index (χ0n) is 9.33. The van der Waals surface area contributed by atoms with Crippen LogP contribution in [0.25, 0.3) is 0 Å². The molecule has 0 aliphatic carbocycles. The van der Waals surface area contributed by atoms with Gasteiger partial charge in [0.05, 0.1) is 0 Å². The van der Waals surface area contributed by atoms with Gasteiger partial charge in [-0.1, -0.05) is 20.8 Å². The second-order valence-electron chi connectivity index (χ2n) is 4.72. The van der Waals surface area contributed by atoms with Gasteiger partial charge in [-0.3, -0.25) is 0 Å². The molecule has 0 spiro atoms. The van der Waals surface area contributed by atoms with Gasteiger partial charge in [-0.15, -0.1) is 0 Å². The summed E-state index contributed by atoms with van der Waals surface area (Å²) in [7, 11) is 2.26. The van der Waals surface area contributed by atoms with E-state index >= 15 is 0 Å². The number of hydrogen-bond acceptors (Lipinski definition) is 1. The van der Waals surface area contributed by atoms with Gasteiger partial charge in [0.1, 0.15) is 0 Å². The minimum absolute atomic E-state index is 0.742. The third kappa shape index (κ3) is 1.39. The van der Waals surface area contributed by atoms with Crippen LogP contribution in [0.1, 0.15) is 34.6 Å². The average molecular weight is 169 g/mol. The van der Waals surface area contributed by atoms with E-state index < -0.39 is 0 Å². The summed E-state index contributed by atoms with van der Waals surface area (Å²) in [6, 6.07) is 1.48. The summed E-state index contributed by atoms with van der Waals surface area (Å²) in [5.41, 5.74) is 0. The molecule has 1 saturated heterocycles. The van der Waals surface area contributed by atoms with Crippen LogP contribution in [0.3, 0.4) is 0 Å². The highest BCUT2D eigenvalue weighted by Crippen LogP contribution is 2.35. The third-order valence-electron chi connectivity index (χ3n) is 4.47. The Hall–Kier alpha value is -0.0400. The minimum atomic E-state index is 0.742. The minimum Gasteiger partial charge on any atom is -0.300 e. The Balaban J connectivity index is 2.76. The summed E-state index contributed by atoms with van der Waals surface area (Å²) in [5.74, 6) is 2.54. The first kappa shape index (κ1) is 10.0. The lowest BCUT2D eigenvalue weighted by Gasteiger charge is -2.48. The van der Waals surface area contributed by atoms with Crippen LogP contribution in [0.15, 0.2) is 0 Å². The van der Waals surface area contributed by atoms with Gasteiger partial charge in [0, 0.05) is 12.1 Å². The molecule has 5 atom stereocenters. The second-order valence-corrected chi connectivity index (χ2v) is 4.72. The molecule has 1 heteroatoms. The van der Waals surface area contributed by atoms with Crippen molar-refractivity contribution in [3.05, 3.63) is 0 Å². The molecule has 0 saturated carbocycles. The fourth-order valence-corrected chi connectivity index (χ4v) is 2.47. The van der Waals surface area contributed by atoms with Crippen LogP contribution in [0, 0.1) is 17.8 Å². The average Bonchev–Trinajstić information content (AvgIpc) is 2.08. The Morgan fingerprint density at radius 1 is 0.667 bits per heavy atom. The maximum Gasteiger partial charge on any atom is 0.00950 e. The first-order chi connectivity index (χ1) is 5.46. The molecule has 0 aromatic heterocycles. The smallest absolute Gasteiger partial charge is 0.00950 e. The van der Waals surface area contributed by atoms with Gasteiger partial charge in [0.2, 0.25) is 0 Å². The van der Waals surface area contributed by atoms with Gasteiger partial charge in [0.15, 0.2) is 0 Å². The summed E-state index contributed by atoms with van der Waals surface area (Å²) in [6.07, 6.45) is 0. The van der Waals surface area contributed by atoms with Crippen molar-refractivity contribution in [3.8, 4) is 0 Å². The standard InChI is InChI=1S/C11H23N/c1-7-8(2)10(4)12(6)11(5)9(7)3/h7-11H,1-6H3/t7?,8-,9?,10?,11?/m0/s1. The molecular formula is C11H23N. The van der Waals surface area contributed by atoms with Gasteiger partial charge in [0.25, 0.3) is 0 Å². The summed E-state index contributed by atoms with van der Waals surface area (Å²) < 4.78 is 0. The van der Waals surface area contributed by atoms with Gasteiger partial charge in [-0.25, -0.2) is 0 Å². The van der Waals surface area contributed by atoms with Crippen LogP contribution in [0.5, 0.6) is 0 Å². The summed E-state index contributed by atoms with van der Waals surface area (Å²) >= 11 is 0. The molecule has 1 rings (SSSR count). The van der Waals surface area contributed by atoms with Crippen molar-refractivity contribution in [1.29, 1.82) is 0 Å². The van der Waals surface area contributed by atoms with E-state index in [0.29, 0.717) is 0 Å². The SMILES string of the molecule is CC1C(C)[C@H](C)C(C)N(C)C1C. The zero-order valence-corrected chi connectivity index (χ0v) is 9.33. The van der Waals surface area contributed by atoms with E-state index in [1.165, 1.54) is 0 Å². The Morgan fingerprint density at radius 3 is 1.33 bits per heavy atom. The number of likely N-dealkylation sites (tertiary alicyclic amines) is 1. The highest BCUT2D eigenvalue weighted by molar-refractivity contribution is 4.89. The predicted molar refractivity (Wildman–Crippen MR) is 54.2 cm³/mol. The zero-order chi connectivity index (χ0) is 9.46. The second kappa shape index (κ2) is 3.37. The molecule has 1 nitrogen and oxygen atoms in total. The Morgan fingerprint density at radius 2 is 1.00 bits per heavy atom. The first-order valence-corrected chi connectivity index (χ1v) is 5.18. The maximum absolute atomic E-state index is 2.52. The molecule has 1 aliphatic rings. The van der Waals surface area contributed by atoms with Crippen LogP contribution in [-0.4, -0.2) is 24.0 Å². The largest absolute Gasteiger partial charge is 0.300 e. The number of rotatable bonds is 0. The monoisotopic (exact) mass is 169 g/mol. The number of nitrogens with zero attached hydrogens (tertiary/aromatic N) is 1. The number of hydrogen-bond donors (Lipinski definition) is 0. The van der Waals surface area contributed by atoms with Crippen LogP contribution < -0.4 is 0 Å². The van der Waals surface area contributed by atoms with E-state index in [1.807, 2.05) is 0 Å².